The van der Waals surface area contributed by atoms with Crippen molar-refractivity contribution in [2.75, 3.05) is 20.3 Å². The monoisotopic (exact) mass is 401 g/mol. The molecule has 0 amide bonds. The molecule has 2 atom stereocenters. The average molecular weight is 402 g/mol. The molecule has 2 unspecified atom stereocenters. The van der Waals surface area contributed by atoms with Crippen molar-refractivity contribution in [2.24, 2.45) is 17.8 Å². The van der Waals surface area contributed by atoms with Gasteiger partial charge in [-0.2, -0.15) is 0 Å². The third-order valence-corrected chi connectivity index (χ3v) is 6.27. The van der Waals surface area contributed by atoms with Crippen LogP contribution >= 0.6 is 0 Å². The van der Waals surface area contributed by atoms with Crippen LogP contribution in [0.2, 0.25) is 0 Å². The number of rotatable bonds is 9. The highest BCUT2D eigenvalue weighted by Gasteiger charge is 2.30. The van der Waals surface area contributed by atoms with Crippen LogP contribution in [0.4, 0.5) is 0 Å². The van der Waals surface area contributed by atoms with Crippen molar-refractivity contribution in [3.63, 3.8) is 0 Å². The molecule has 1 N–H and O–H groups in total. The molecule has 0 spiro atoms. The van der Waals surface area contributed by atoms with Crippen LogP contribution in [-0.4, -0.2) is 32.1 Å². The third kappa shape index (κ3) is 6.21. The minimum absolute atomic E-state index is 0.0606. The number of carbonyl (C=O) groups is 1. The van der Waals surface area contributed by atoms with Crippen LogP contribution in [0, 0.1) is 17.8 Å². The Balaban J connectivity index is 1.83. The first-order valence-corrected chi connectivity index (χ1v) is 11.6. The maximum atomic E-state index is 13.0. The first kappa shape index (κ1) is 22.1. The van der Waals surface area contributed by atoms with Crippen molar-refractivity contribution in [2.45, 2.75) is 78.2 Å². The second-order valence-electron chi connectivity index (χ2n) is 9.32. The highest BCUT2D eigenvalue weighted by Crippen LogP contribution is 2.34. The molecule has 4 nitrogen and oxygen atoms in total. The summed E-state index contributed by atoms with van der Waals surface area (Å²) in [7, 11) is 1.72. The van der Waals surface area contributed by atoms with Crippen LogP contribution in [0.1, 0.15) is 72.1 Å². The topological polar surface area (TPSA) is 47.6 Å². The van der Waals surface area contributed by atoms with Crippen molar-refractivity contribution in [3.05, 3.63) is 34.8 Å². The van der Waals surface area contributed by atoms with Crippen LogP contribution < -0.4 is 5.32 Å². The number of hydrogen-bond donors (Lipinski definition) is 1. The standard InChI is InChI=1S/C25H39NO3/c1-5-6-19-9-10-24(29-16-18-7-8-18)25(28-4)14-21(19)22-15-23(27)20(11-12-26-22)13-17(2)3/h9,14,17-18,20,22,26H,5-8,10-13,15-16H2,1-4H3. The fourth-order valence-electron chi connectivity index (χ4n) is 4.47. The Morgan fingerprint density at radius 2 is 2.03 bits per heavy atom. The van der Waals surface area contributed by atoms with E-state index in [0.717, 1.165) is 56.8 Å². The molecule has 0 bridgehead atoms. The zero-order valence-corrected chi connectivity index (χ0v) is 18.8. The van der Waals surface area contributed by atoms with E-state index in [9.17, 15) is 4.79 Å². The fourth-order valence-corrected chi connectivity index (χ4v) is 4.47. The van der Waals surface area contributed by atoms with E-state index in [1.807, 2.05) is 0 Å². The Morgan fingerprint density at radius 1 is 1.24 bits per heavy atom. The number of methoxy groups -OCH3 is 1. The van der Waals surface area contributed by atoms with Gasteiger partial charge in [0.1, 0.15) is 11.5 Å². The van der Waals surface area contributed by atoms with E-state index < -0.39 is 0 Å². The number of carbonyl (C=O) groups excluding carboxylic acids is 1. The largest absolute Gasteiger partial charge is 0.493 e. The quantitative estimate of drug-likeness (QED) is 0.569. The Bertz CT molecular complexity index is 670. The fraction of sp³-hybridized carbons (Fsp3) is 0.720. The van der Waals surface area contributed by atoms with Crippen molar-refractivity contribution in [3.8, 4) is 0 Å². The molecule has 0 aromatic rings. The van der Waals surface area contributed by atoms with Crippen LogP contribution in [0.15, 0.2) is 34.8 Å². The Hall–Kier alpha value is -1.55. The molecule has 4 heteroatoms. The molecule has 0 aromatic heterocycles. The molecule has 162 valence electrons. The highest BCUT2D eigenvalue weighted by molar-refractivity contribution is 5.82. The second-order valence-corrected chi connectivity index (χ2v) is 9.32. The summed E-state index contributed by atoms with van der Waals surface area (Å²) in [6, 6.07) is 0.0606. The van der Waals surface area contributed by atoms with Gasteiger partial charge in [-0.3, -0.25) is 4.79 Å². The molecule has 29 heavy (non-hydrogen) atoms. The smallest absolute Gasteiger partial charge is 0.157 e. The van der Waals surface area contributed by atoms with E-state index in [-0.39, 0.29) is 12.0 Å². The second kappa shape index (κ2) is 10.5. The Labute approximate surface area is 176 Å². The minimum atomic E-state index is 0.0606. The summed E-state index contributed by atoms with van der Waals surface area (Å²) >= 11 is 0. The molecule has 0 aromatic carbocycles. The third-order valence-electron chi connectivity index (χ3n) is 6.27. The lowest BCUT2D eigenvalue weighted by Crippen LogP contribution is -2.32. The first-order valence-electron chi connectivity index (χ1n) is 11.6. The van der Waals surface area contributed by atoms with Gasteiger partial charge in [0, 0.05) is 24.8 Å². The number of allylic oxidation sites excluding steroid dienone is 2. The molecule has 3 rings (SSSR count). The van der Waals surface area contributed by atoms with E-state index >= 15 is 0 Å². The van der Waals surface area contributed by atoms with Gasteiger partial charge in [0.15, 0.2) is 5.76 Å². The predicted octanol–water partition coefficient (Wildman–Crippen LogP) is 5.31. The molecular weight excluding hydrogens is 362 g/mol. The molecule has 1 saturated heterocycles. The lowest BCUT2D eigenvalue weighted by Gasteiger charge is -2.22. The van der Waals surface area contributed by atoms with E-state index in [1.54, 1.807) is 7.11 Å². The van der Waals surface area contributed by atoms with Crippen LogP contribution in [-0.2, 0) is 14.3 Å². The first-order chi connectivity index (χ1) is 14.0. The van der Waals surface area contributed by atoms with Crippen molar-refractivity contribution in [1.82, 2.24) is 5.32 Å². The van der Waals surface area contributed by atoms with Gasteiger partial charge in [0.2, 0.25) is 0 Å². The van der Waals surface area contributed by atoms with Crippen LogP contribution in [0.3, 0.4) is 0 Å². The summed E-state index contributed by atoms with van der Waals surface area (Å²) in [5.41, 5.74) is 2.55. The summed E-state index contributed by atoms with van der Waals surface area (Å²) in [5.74, 6) is 3.61. The van der Waals surface area contributed by atoms with Gasteiger partial charge < -0.3 is 14.8 Å². The van der Waals surface area contributed by atoms with Crippen molar-refractivity contribution < 1.29 is 14.3 Å². The van der Waals surface area contributed by atoms with Crippen LogP contribution in [0.25, 0.3) is 0 Å². The summed E-state index contributed by atoms with van der Waals surface area (Å²) in [6.45, 7) is 8.31. The summed E-state index contributed by atoms with van der Waals surface area (Å²) < 4.78 is 11.9. The van der Waals surface area contributed by atoms with Gasteiger partial charge in [-0.25, -0.2) is 0 Å². The number of Topliss-reactive ketones (excluding diaryl/α,β-unsaturated/α-hetero) is 1. The lowest BCUT2D eigenvalue weighted by molar-refractivity contribution is -0.123. The van der Waals surface area contributed by atoms with Crippen LogP contribution in [0.5, 0.6) is 0 Å². The molecule has 1 saturated carbocycles. The molecule has 1 aliphatic heterocycles. The van der Waals surface area contributed by atoms with Crippen molar-refractivity contribution in [1.29, 1.82) is 0 Å². The summed E-state index contributed by atoms with van der Waals surface area (Å²) in [4.78, 5) is 13.0. The Kier molecular flexibility index (Phi) is 7.99. The number of hydrogen-bond acceptors (Lipinski definition) is 4. The zero-order chi connectivity index (χ0) is 20.8. The van der Waals surface area contributed by atoms with Gasteiger partial charge in [-0.1, -0.05) is 33.3 Å². The van der Waals surface area contributed by atoms with Gasteiger partial charge in [-0.15, -0.1) is 0 Å². The number of ether oxygens (including phenoxy) is 2. The van der Waals surface area contributed by atoms with E-state index in [1.165, 1.54) is 24.0 Å². The molecule has 0 radical (unpaired) electrons. The van der Waals surface area contributed by atoms with E-state index in [2.05, 4.69) is 38.2 Å². The minimum Gasteiger partial charge on any atom is -0.493 e. The summed E-state index contributed by atoms with van der Waals surface area (Å²) in [5, 5.41) is 3.67. The maximum absolute atomic E-state index is 13.0. The number of nitrogens with one attached hydrogen (secondary N) is 1. The van der Waals surface area contributed by atoms with E-state index in [0.29, 0.717) is 24.0 Å². The summed E-state index contributed by atoms with van der Waals surface area (Å²) in [6.07, 6.45) is 12.4. The predicted molar refractivity (Wildman–Crippen MR) is 117 cm³/mol. The highest BCUT2D eigenvalue weighted by atomic mass is 16.5. The average Bonchev–Trinajstić information content (AvgIpc) is 3.52. The van der Waals surface area contributed by atoms with Gasteiger partial charge in [-0.05, 0) is 67.7 Å². The van der Waals surface area contributed by atoms with Gasteiger partial charge in [0.25, 0.3) is 0 Å². The Morgan fingerprint density at radius 3 is 2.69 bits per heavy atom. The maximum Gasteiger partial charge on any atom is 0.157 e. The molecule has 3 aliphatic rings. The molecule has 2 fully saturated rings. The molecule has 2 aliphatic carbocycles. The SMILES string of the molecule is CCCC1=CCC(OCC2CC2)=C(OC)C=C1C1CC(=O)C(CC(C)C)CCN1. The lowest BCUT2D eigenvalue weighted by atomic mass is 9.86. The van der Waals surface area contributed by atoms with E-state index in [4.69, 9.17) is 9.47 Å². The van der Waals surface area contributed by atoms with Gasteiger partial charge in [0.05, 0.1) is 13.7 Å². The molecule has 1 heterocycles. The molecular formula is C25H39NO3. The van der Waals surface area contributed by atoms with Gasteiger partial charge >= 0.3 is 0 Å². The van der Waals surface area contributed by atoms with Crippen molar-refractivity contribution >= 4 is 5.78 Å². The normalized spacial score (nSPS) is 26.0. The zero-order valence-electron chi connectivity index (χ0n) is 18.8. The number of ketones is 1.